The normalized spacial score (nSPS) is 17.6. The third-order valence-corrected chi connectivity index (χ3v) is 15.4. The molecule has 0 saturated carbocycles. The highest BCUT2D eigenvalue weighted by Gasteiger charge is 2.37. The van der Waals surface area contributed by atoms with E-state index in [1.807, 2.05) is 43.0 Å². The van der Waals surface area contributed by atoms with Crippen LogP contribution in [0.25, 0.3) is 10.9 Å². The fraction of sp³-hybridized carbons (Fsp3) is 0.429. The average molecular weight is 1020 g/mol. The van der Waals surface area contributed by atoms with Crippen LogP contribution in [0.15, 0.2) is 65.4 Å². The maximum Gasteiger partial charge on any atom is 0.234 e. The molecule has 3 amide bonds. The molecule has 68 heavy (non-hydrogen) atoms. The number of hydrogen-bond acceptors (Lipinski definition) is 13. The quantitative estimate of drug-likeness (QED) is 0.0621. The van der Waals surface area contributed by atoms with Gasteiger partial charge in [-0.2, -0.15) is 4.98 Å². The Morgan fingerprint density at radius 3 is 2.31 bits per heavy atom. The van der Waals surface area contributed by atoms with Gasteiger partial charge in [-0.1, -0.05) is 25.1 Å². The summed E-state index contributed by atoms with van der Waals surface area (Å²) < 4.78 is 50.5. The van der Waals surface area contributed by atoms with Crippen molar-refractivity contribution in [3.8, 4) is 5.75 Å². The minimum Gasteiger partial charge on any atom is -0.494 e. The van der Waals surface area contributed by atoms with Crippen molar-refractivity contribution in [1.82, 2.24) is 30.1 Å². The molecule has 8 rings (SSSR count). The first-order valence-electron chi connectivity index (χ1n) is 23.0. The van der Waals surface area contributed by atoms with Crippen LogP contribution in [-0.4, -0.2) is 115 Å². The second-order valence-corrected chi connectivity index (χ2v) is 22.7. The molecule has 15 nitrogen and oxygen atoms in total. The van der Waals surface area contributed by atoms with Gasteiger partial charge in [0.05, 0.1) is 46.0 Å². The van der Waals surface area contributed by atoms with Crippen molar-refractivity contribution in [3.63, 3.8) is 0 Å². The summed E-state index contributed by atoms with van der Waals surface area (Å²) in [6.45, 7) is 13.8. The first kappa shape index (κ1) is 48.7. The Bertz CT molecular complexity index is 2770. The Morgan fingerprint density at radius 2 is 1.65 bits per heavy atom. The molecule has 1 unspecified atom stereocenters. The number of piperazine rings is 1. The van der Waals surface area contributed by atoms with Gasteiger partial charge in [-0.15, -0.1) is 0 Å². The SMILES string of the molecule is CCc1cc(Nc2ncc(Br)c(Nc3cnc4ccccc4c3P(C)(C)=O)n2)c(OC)cc1N1CCC(N2CCN(C(=O)C(C)(C)CNc3cc(F)c(C4CCC(=O)NC4=O)c(F)c3)CC2)CC1. The third-order valence-electron chi connectivity index (χ3n) is 13.2. The van der Waals surface area contributed by atoms with Crippen LogP contribution in [0.1, 0.15) is 63.5 Å². The van der Waals surface area contributed by atoms with Gasteiger partial charge in [0.25, 0.3) is 0 Å². The zero-order valence-electron chi connectivity index (χ0n) is 39.2. The molecule has 360 valence electrons. The number of ether oxygens (including phenoxy) is 1. The number of nitrogens with zero attached hydrogens (tertiary/aromatic N) is 6. The standard InChI is InChI=1S/C49H58BrF2N10O5P/c1-7-29-22-38(57-48-54-26-34(50)45(59-48)56-39-27-53-37-11-9-8-10-32(37)44(39)68(5,6)66)41(67-4)25-40(29)61-16-14-31(15-17-61)60-18-20-62(21-19-60)47(65)49(2,3)28-55-30-23-35(51)43(36(52)24-30)33-12-13-42(63)58-46(33)64/h8-11,22-27,31,33,55H,7,12-21,28H2,1-6H3,(H,58,63,64)(H2,54,56,57,59). The van der Waals surface area contributed by atoms with E-state index in [9.17, 15) is 18.9 Å². The smallest absolute Gasteiger partial charge is 0.234 e. The van der Waals surface area contributed by atoms with Gasteiger partial charge < -0.3 is 35.1 Å². The molecule has 0 radical (unpaired) electrons. The number of nitrogens with one attached hydrogen (secondary N) is 4. The minimum absolute atomic E-state index is 0.0109. The number of rotatable bonds is 14. The lowest BCUT2D eigenvalue weighted by molar-refractivity contribution is -0.142. The second kappa shape index (κ2) is 20.1. The van der Waals surface area contributed by atoms with Gasteiger partial charge in [0, 0.05) is 98.2 Å². The molecule has 5 aromatic rings. The van der Waals surface area contributed by atoms with Crippen LogP contribution >= 0.6 is 23.1 Å². The average Bonchev–Trinajstić information content (AvgIpc) is 3.31. The fourth-order valence-electron chi connectivity index (χ4n) is 9.60. The van der Waals surface area contributed by atoms with Crippen molar-refractivity contribution in [1.29, 1.82) is 0 Å². The number of imide groups is 1. The molecule has 3 fully saturated rings. The van der Waals surface area contributed by atoms with Gasteiger partial charge in [-0.3, -0.25) is 29.6 Å². The predicted octanol–water partition coefficient (Wildman–Crippen LogP) is 8.14. The Labute approximate surface area is 403 Å². The zero-order valence-corrected chi connectivity index (χ0v) is 41.7. The van der Waals surface area contributed by atoms with Crippen LogP contribution in [0.2, 0.25) is 0 Å². The van der Waals surface area contributed by atoms with Gasteiger partial charge >= 0.3 is 0 Å². The number of methoxy groups -OCH3 is 1. The van der Waals surface area contributed by atoms with Crippen molar-refractivity contribution in [2.45, 2.75) is 64.8 Å². The number of amides is 3. The van der Waals surface area contributed by atoms with E-state index < -0.39 is 41.9 Å². The highest BCUT2D eigenvalue weighted by Crippen LogP contribution is 2.42. The number of benzene rings is 3. The molecule has 5 heterocycles. The van der Waals surface area contributed by atoms with Crippen LogP contribution in [0.4, 0.5) is 43.3 Å². The molecule has 0 spiro atoms. The Kier molecular flexibility index (Phi) is 14.4. The fourth-order valence-corrected chi connectivity index (χ4v) is 11.3. The van der Waals surface area contributed by atoms with E-state index in [2.05, 4.69) is 76.0 Å². The number of anilines is 6. The lowest BCUT2D eigenvalue weighted by atomic mass is 9.89. The van der Waals surface area contributed by atoms with E-state index >= 15 is 8.78 Å². The molecule has 1 atom stereocenters. The van der Waals surface area contributed by atoms with Crippen molar-refractivity contribution in [2.24, 2.45) is 5.41 Å². The first-order valence-corrected chi connectivity index (χ1v) is 26.4. The van der Waals surface area contributed by atoms with Gasteiger partial charge in [0.2, 0.25) is 23.7 Å². The molecule has 4 N–H and O–H groups in total. The van der Waals surface area contributed by atoms with Crippen LogP contribution in [0.3, 0.4) is 0 Å². The topological polar surface area (TPSA) is 174 Å². The number of pyridine rings is 1. The zero-order chi connectivity index (χ0) is 48.5. The van der Waals surface area contributed by atoms with Crippen LogP contribution in [0, 0.1) is 17.0 Å². The Morgan fingerprint density at radius 1 is 0.941 bits per heavy atom. The Balaban J connectivity index is 0.860. The summed E-state index contributed by atoms with van der Waals surface area (Å²) in [6.07, 6.45) is 6.13. The van der Waals surface area contributed by atoms with Gasteiger partial charge in [-0.05, 0) is 98.6 Å². The number of carbonyl (C=O) groups is 3. The van der Waals surface area contributed by atoms with E-state index in [1.54, 1.807) is 32.8 Å². The molecule has 0 aliphatic carbocycles. The van der Waals surface area contributed by atoms with Crippen LogP contribution < -0.4 is 36.2 Å². The molecular weight excluding hydrogens is 957 g/mol. The number of aromatic nitrogens is 3. The number of piperidine rings is 2. The number of halogens is 3. The largest absolute Gasteiger partial charge is 0.494 e. The van der Waals surface area contributed by atoms with Gasteiger partial charge in [0.15, 0.2) is 0 Å². The van der Waals surface area contributed by atoms with E-state index in [4.69, 9.17) is 9.72 Å². The van der Waals surface area contributed by atoms with E-state index in [0.717, 1.165) is 85.4 Å². The summed E-state index contributed by atoms with van der Waals surface area (Å²) in [4.78, 5) is 58.4. The molecule has 0 bridgehead atoms. The lowest BCUT2D eigenvalue weighted by Crippen LogP contribution is -2.56. The predicted molar refractivity (Wildman–Crippen MR) is 267 cm³/mol. The summed E-state index contributed by atoms with van der Waals surface area (Å²) in [5, 5.41) is 13.5. The van der Waals surface area contributed by atoms with Crippen molar-refractivity contribution in [2.75, 3.05) is 87.1 Å². The Hall–Kier alpha value is -5.71. The van der Waals surface area contributed by atoms with Crippen molar-refractivity contribution >= 4 is 91.5 Å². The molecular formula is C49H58BrF2N10O5P. The third kappa shape index (κ3) is 10.5. The second-order valence-electron chi connectivity index (χ2n) is 18.7. The van der Waals surface area contributed by atoms with Gasteiger partial charge in [-0.25, -0.2) is 13.8 Å². The molecule has 3 aliphatic rings. The lowest BCUT2D eigenvalue weighted by Gasteiger charge is -2.44. The number of aryl methyl sites for hydroxylation is 1. The van der Waals surface area contributed by atoms with Crippen molar-refractivity contribution in [3.05, 3.63) is 88.2 Å². The molecule has 19 heteroatoms. The highest BCUT2D eigenvalue weighted by molar-refractivity contribution is 9.10. The summed E-state index contributed by atoms with van der Waals surface area (Å²) >= 11 is 3.59. The molecule has 3 saturated heterocycles. The summed E-state index contributed by atoms with van der Waals surface area (Å²) in [5.41, 5.74) is 3.32. The van der Waals surface area contributed by atoms with Crippen LogP contribution in [0.5, 0.6) is 5.75 Å². The van der Waals surface area contributed by atoms with Crippen LogP contribution in [-0.2, 0) is 25.4 Å². The molecule has 3 aromatic carbocycles. The monoisotopic (exact) mass is 1010 g/mol. The van der Waals surface area contributed by atoms with E-state index in [1.165, 1.54) is 0 Å². The number of hydrogen-bond donors (Lipinski definition) is 4. The van der Waals surface area contributed by atoms with E-state index in [0.29, 0.717) is 52.1 Å². The summed E-state index contributed by atoms with van der Waals surface area (Å²) in [5.74, 6) is -2.55. The van der Waals surface area contributed by atoms with Crippen molar-refractivity contribution < 1.29 is 32.5 Å². The molecule has 2 aromatic heterocycles. The minimum atomic E-state index is -2.74. The first-order chi connectivity index (χ1) is 32.4. The number of para-hydroxylation sites is 1. The highest BCUT2D eigenvalue weighted by atomic mass is 79.9. The summed E-state index contributed by atoms with van der Waals surface area (Å²) in [6, 6.07) is 14.5. The van der Waals surface area contributed by atoms with Gasteiger partial charge in [0.1, 0.15) is 30.3 Å². The summed E-state index contributed by atoms with van der Waals surface area (Å²) in [7, 11) is -1.09. The maximum absolute atomic E-state index is 15.2. The number of carbonyl (C=O) groups excluding carboxylic acids is 3. The van der Waals surface area contributed by atoms with E-state index in [-0.39, 0.29) is 36.5 Å². The number of fused-ring (bicyclic) bond motifs is 1. The molecule has 3 aliphatic heterocycles. The maximum atomic E-state index is 15.2.